The molecule has 0 aliphatic heterocycles. The fourth-order valence-electron chi connectivity index (χ4n) is 0. The molecule has 0 aromatic heterocycles. The summed E-state index contributed by atoms with van der Waals surface area (Å²) in [5, 5.41) is 0. The summed E-state index contributed by atoms with van der Waals surface area (Å²) in [6.45, 7) is 0. The smallest absolute Gasteiger partial charge is 1.00 e. The van der Waals surface area contributed by atoms with Crippen LogP contribution in [0.15, 0.2) is 0 Å². The van der Waals surface area contributed by atoms with Crippen molar-refractivity contribution in [2.45, 2.75) is 0 Å². The Kier molecular flexibility index (Phi) is 10100. The maximum Gasteiger partial charge on any atom is 1.00 e. The molecule has 0 radical (unpaired) electrons. The fourth-order valence-corrected chi connectivity index (χ4v) is 0. The maximum absolute atomic E-state index is 0. The Morgan fingerprint density at radius 3 is 0.308 bits per heavy atom. The molecule has 0 bridgehead atoms. The van der Waals surface area contributed by atoms with E-state index in [2.05, 4.69) is 0 Å². The van der Waals surface area contributed by atoms with Crippen LogP contribution in [0.3, 0.4) is 0 Å². The Labute approximate surface area is 154 Å². The van der Waals surface area contributed by atoms with Crippen molar-refractivity contribution in [1.29, 1.82) is 0 Å². The molecule has 0 aliphatic rings. The van der Waals surface area contributed by atoms with Crippen LogP contribution in [-0.2, 0) is 0 Å². The van der Waals surface area contributed by atoms with Crippen LogP contribution >= 0.6 is 13.5 Å². The van der Waals surface area contributed by atoms with E-state index in [-0.39, 0.29) is 156 Å². The number of hydrogen-bond acceptors (Lipinski definition) is 0. The average molecular weight is 268 g/mol. The van der Waals surface area contributed by atoms with Gasteiger partial charge in [-0.05, 0) is 0 Å². The van der Waals surface area contributed by atoms with Gasteiger partial charge in [-0.15, -0.1) is 0 Å². The molecule has 0 amide bonds. The minimum atomic E-state index is 0. The van der Waals surface area contributed by atoms with Gasteiger partial charge in [0.2, 0.25) is 0 Å². The first kappa shape index (κ1) is 402. The molecule has 13 heteroatoms. The predicted octanol–water partition coefficient (Wildman–Crippen LogP) is -16.0. The number of rotatable bonds is 0. The molecule has 13 heavy (non-hydrogen) atoms. The van der Waals surface area contributed by atoms with Gasteiger partial charge in [0.15, 0.2) is 0 Å². The van der Waals surface area contributed by atoms with Gasteiger partial charge in [-0.25, -0.2) is 0 Å². The topological polar surface area (TPSA) is 284 Å². The van der Waals surface area contributed by atoms with Gasteiger partial charge in [0.25, 0.3) is 0 Å². The molecular formula is H23Na3O9S. The quantitative estimate of drug-likeness (QED) is 0.369. The zero-order valence-electron chi connectivity index (χ0n) is 11.0. The van der Waals surface area contributed by atoms with E-state index < -0.39 is 0 Å². The van der Waals surface area contributed by atoms with Gasteiger partial charge in [-0.1, -0.05) is 0 Å². The third-order valence-electron chi connectivity index (χ3n) is 0. The molecule has 0 atom stereocenters. The van der Waals surface area contributed by atoms with Crippen molar-refractivity contribution in [2.24, 2.45) is 0 Å². The zero-order valence-corrected chi connectivity index (χ0v) is 15.0. The van der Waals surface area contributed by atoms with Gasteiger partial charge in [0.05, 0.1) is 0 Å². The summed E-state index contributed by atoms with van der Waals surface area (Å²) in [6.07, 6.45) is 0. The van der Waals surface area contributed by atoms with Crippen LogP contribution in [0.25, 0.3) is 0 Å². The van der Waals surface area contributed by atoms with Crippen molar-refractivity contribution < 1.29 is 142 Å². The molecule has 0 saturated carbocycles. The van der Waals surface area contributed by atoms with Crippen LogP contribution in [0, 0.1) is 0 Å². The van der Waals surface area contributed by atoms with E-state index in [1.165, 1.54) is 0 Å². The summed E-state index contributed by atoms with van der Waals surface area (Å²) in [7, 11) is 0. The first-order valence-corrected chi connectivity index (χ1v) is 0. The van der Waals surface area contributed by atoms with Gasteiger partial charge in [0, 0.05) is 0 Å². The van der Waals surface area contributed by atoms with E-state index in [9.17, 15) is 0 Å². The maximum atomic E-state index is 0. The Hall–Kier alpha value is 2.99. The van der Waals surface area contributed by atoms with E-state index >= 15 is 0 Å². The normalized spacial score (nSPS) is 0. The van der Waals surface area contributed by atoms with Crippen LogP contribution < -0.4 is 88.7 Å². The molecule has 0 rings (SSSR count). The Balaban J connectivity index is 0. The molecule has 0 aromatic carbocycles. The van der Waals surface area contributed by atoms with E-state index in [4.69, 9.17) is 0 Å². The molecule has 0 aliphatic carbocycles. The minimum absolute atomic E-state index is 0. The van der Waals surface area contributed by atoms with Crippen molar-refractivity contribution >= 4 is 13.5 Å². The molecule has 0 saturated heterocycles. The van der Waals surface area contributed by atoms with E-state index in [1.807, 2.05) is 0 Å². The summed E-state index contributed by atoms with van der Waals surface area (Å²) in [5.41, 5.74) is 0. The molecule has 86 valence electrons. The molecular weight excluding hydrogens is 245 g/mol. The van der Waals surface area contributed by atoms with Crippen LogP contribution in [0.5, 0.6) is 0 Å². The second kappa shape index (κ2) is 328. The van der Waals surface area contributed by atoms with Crippen LogP contribution in [0.4, 0.5) is 0 Å². The second-order valence-corrected chi connectivity index (χ2v) is 0. The van der Waals surface area contributed by atoms with Gasteiger partial charge in [0.1, 0.15) is 0 Å². The largest absolute Gasteiger partial charge is 1.00 e. The summed E-state index contributed by atoms with van der Waals surface area (Å²) < 4.78 is 0. The Morgan fingerprint density at radius 1 is 0.308 bits per heavy atom. The van der Waals surface area contributed by atoms with Gasteiger partial charge < -0.3 is 53.6 Å². The molecule has 0 heterocycles. The van der Waals surface area contributed by atoms with Crippen molar-refractivity contribution in [3.8, 4) is 0 Å². The van der Waals surface area contributed by atoms with E-state index in [0.29, 0.717) is 0 Å². The summed E-state index contributed by atoms with van der Waals surface area (Å²) in [4.78, 5) is 0. The third-order valence-corrected chi connectivity index (χ3v) is 0. The summed E-state index contributed by atoms with van der Waals surface area (Å²) in [5.74, 6) is 0. The standard InChI is InChI=1S/3Na.9H2O.H2S.3H/h;;;10*1H2;;;/q3*+1;;;;;;;;;;;3*-1. The molecule has 0 aromatic rings. The van der Waals surface area contributed by atoms with E-state index in [1.54, 1.807) is 0 Å². The molecule has 0 spiro atoms. The van der Waals surface area contributed by atoms with E-state index in [0.717, 1.165) is 0 Å². The minimum Gasteiger partial charge on any atom is -1.00 e. The molecule has 0 unspecified atom stereocenters. The summed E-state index contributed by atoms with van der Waals surface area (Å²) >= 11 is 0. The van der Waals surface area contributed by atoms with Gasteiger partial charge in [-0.3, -0.25) is 0 Å². The van der Waals surface area contributed by atoms with Crippen molar-refractivity contribution in [2.75, 3.05) is 0 Å². The molecule has 0 fully saturated rings. The van der Waals surface area contributed by atoms with Crippen molar-refractivity contribution in [3.63, 3.8) is 0 Å². The number of hydrogen-bond donors (Lipinski definition) is 0. The van der Waals surface area contributed by atoms with Crippen LogP contribution in [0.2, 0.25) is 0 Å². The first-order chi connectivity index (χ1) is 0. The van der Waals surface area contributed by atoms with Crippen LogP contribution in [0.1, 0.15) is 4.28 Å². The summed E-state index contributed by atoms with van der Waals surface area (Å²) in [6, 6.07) is 0. The van der Waals surface area contributed by atoms with Crippen LogP contribution in [-0.4, -0.2) is 49.3 Å². The SMILES string of the molecule is O.O.O.O.O.O.O.O.O.S.[H-].[H-].[H-].[Na+].[Na+].[Na+]. The molecule has 18 N–H and O–H groups in total. The Morgan fingerprint density at radius 2 is 0.308 bits per heavy atom. The molecule has 9 nitrogen and oxygen atoms in total. The fraction of sp³-hybridized carbons (Fsp3) is 0. The average Bonchev–Trinajstić information content (AvgIpc) is 0. The monoisotopic (exact) mass is 268 g/mol. The second-order valence-electron chi connectivity index (χ2n) is 0. The van der Waals surface area contributed by atoms with Crippen molar-refractivity contribution in [1.82, 2.24) is 0 Å². The third kappa shape index (κ3) is 283. The zero-order chi connectivity index (χ0) is 0. The first-order valence-electron chi connectivity index (χ1n) is 0. The predicted molar refractivity (Wildman–Crippen MR) is 46.2 cm³/mol. The Bertz CT molecular complexity index is 26.0. The van der Waals surface area contributed by atoms with Gasteiger partial charge >= 0.3 is 88.7 Å². The van der Waals surface area contributed by atoms with Crippen molar-refractivity contribution in [3.05, 3.63) is 0 Å². The van der Waals surface area contributed by atoms with Gasteiger partial charge in [-0.2, -0.15) is 13.5 Å².